The molecule has 2 amide bonds. The highest BCUT2D eigenvalue weighted by Gasteiger charge is 2.23. The summed E-state index contributed by atoms with van der Waals surface area (Å²) in [4.78, 5) is 22.4. The standard InChI is InChI=1S/C15H18N2O2/c1-11(18)16-10-2-3-12-4-6-13(7-5-12)15(19)17-14-8-9-14/h2-7,14H,8-10H2,1H3,(H,16,18)(H,17,19). The summed E-state index contributed by atoms with van der Waals surface area (Å²) >= 11 is 0. The third-order valence-electron chi connectivity index (χ3n) is 2.86. The first-order chi connectivity index (χ1) is 9.15. The van der Waals surface area contributed by atoms with Crippen LogP contribution in [0.5, 0.6) is 0 Å². The molecule has 0 aliphatic heterocycles. The Kier molecular flexibility index (Phi) is 4.34. The van der Waals surface area contributed by atoms with Crippen LogP contribution in [-0.4, -0.2) is 24.4 Å². The maximum absolute atomic E-state index is 11.8. The monoisotopic (exact) mass is 258 g/mol. The molecule has 19 heavy (non-hydrogen) atoms. The van der Waals surface area contributed by atoms with E-state index < -0.39 is 0 Å². The number of carbonyl (C=O) groups excluding carboxylic acids is 2. The molecule has 4 nitrogen and oxygen atoms in total. The van der Waals surface area contributed by atoms with Gasteiger partial charge in [-0.25, -0.2) is 0 Å². The normalized spacial score (nSPS) is 14.4. The van der Waals surface area contributed by atoms with E-state index in [1.54, 1.807) is 0 Å². The zero-order valence-corrected chi connectivity index (χ0v) is 11.0. The fourth-order valence-electron chi connectivity index (χ4n) is 1.64. The average molecular weight is 258 g/mol. The molecule has 1 aliphatic carbocycles. The summed E-state index contributed by atoms with van der Waals surface area (Å²) in [5.41, 5.74) is 1.69. The Morgan fingerprint density at radius 2 is 1.95 bits per heavy atom. The summed E-state index contributed by atoms with van der Waals surface area (Å²) < 4.78 is 0. The molecule has 0 saturated heterocycles. The van der Waals surface area contributed by atoms with Gasteiger partial charge in [-0.2, -0.15) is 0 Å². The van der Waals surface area contributed by atoms with E-state index in [2.05, 4.69) is 10.6 Å². The Balaban J connectivity index is 1.86. The van der Waals surface area contributed by atoms with Crippen molar-refractivity contribution < 1.29 is 9.59 Å². The highest BCUT2D eigenvalue weighted by atomic mass is 16.2. The minimum atomic E-state index is -0.0447. The second kappa shape index (κ2) is 6.18. The van der Waals surface area contributed by atoms with Crippen molar-refractivity contribution in [2.75, 3.05) is 6.54 Å². The van der Waals surface area contributed by atoms with E-state index in [-0.39, 0.29) is 11.8 Å². The first kappa shape index (κ1) is 13.3. The highest BCUT2D eigenvalue weighted by Crippen LogP contribution is 2.19. The van der Waals surface area contributed by atoms with E-state index in [0.717, 1.165) is 18.4 Å². The molecule has 2 rings (SSSR count). The van der Waals surface area contributed by atoms with Gasteiger partial charge in [0.05, 0.1) is 0 Å². The van der Waals surface area contributed by atoms with Crippen molar-refractivity contribution in [3.8, 4) is 0 Å². The first-order valence-corrected chi connectivity index (χ1v) is 6.47. The molecule has 1 aliphatic rings. The fraction of sp³-hybridized carbons (Fsp3) is 0.333. The van der Waals surface area contributed by atoms with Crippen LogP contribution >= 0.6 is 0 Å². The molecule has 0 atom stereocenters. The molecular formula is C15H18N2O2. The summed E-state index contributed by atoms with van der Waals surface area (Å²) in [5.74, 6) is -0.0481. The molecule has 1 saturated carbocycles. The predicted molar refractivity (Wildman–Crippen MR) is 74.6 cm³/mol. The number of amides is 2. The number of carbonyl (C=O) groups is 2. The van der Waals surface area contributed by atoms with Gasteiger partial charge < -0.3 is 10.6 Å². The van der Waals surface area contributed by atoms with Gasteiger partial charge in [0, 0.05) is 25.1 Å². The van der Waals surface area contributed by atoms with E-state index in [1.807, 2.05) is 36.4 Å². The Bertz CT molecular complexity index is 487. The number of nitrogens with one attached hydrogen (secondary N) is 2. The van der Waals surface area contributed by atoms with Crippen molar-refractivity contribution in [2.24, 2.45) is 0 Å². The van der Waals surface area contributed by atoms with E-state index in [1.165, 1.54) is 6.92 Å². The van der Waals surface area contributed by atoms with Crippen LogP contribution in [0.4, 0.5) is 0 Å². The van der Waals surface area contributed by atoms with Crippen LogP contribution in [-0.2, 0) is 4.79 Å². The van der Waals surface area contributed by atoms with Crippen LogP contribution in [0, 0.1) is 0 Å². The minimum Gasteiger partial charge on any atom is -0.353 e. The van der Waals surface area contributed by atoms with E-state index in [9.17, 15) is 9.59 Å². The summed E-state index contributed by atoms with van der Waals surface area (Å²) in [6.07, 6.45) is 5.98. The Hall–Kier alpha value is -2.10. The fourth-order valence-corrected chi connectivity index (χ4v) is 1.64. The largest absolute Gasteiger partial charge is 0.353 e. The topological polar surface area (TPSA) is 58.2 Å². The van der Waals surface area contributed by atoms with Crippen LogP contribution in [0.3, 0.4) is 0 Å². The lowest BCUT2D eigenvalue weighted by Crippen LogP contribution is -2.25. The van der Waals surface area contributed by atoms with Gasteiger partial charge in [-0.15, -0.1) is 0 Å². The second-order valence-corrected chi connectivity index (χ2v) is 4.71. The van der Waals surface area contributed by atoms with Crippen molar-refractivity contribution in [2.45, 2.75) is 25.8 Å². The van der Waals surface area contributed by atoms with Gasteiger partial charge in [-0.1, -0.05) is 24.3 Å². The predicted octanol–water partition coefficient (Wildman–Crippen LogP) is 1.73. The molecule has 100 valence electrons. The quantitative estimate of drug-likeness (QED) is 0.845. The highest BCUT2D eigenvalue weighted by molar-refractivity contribution is 5.94. The molecule has 2 N–H and O–H groups in total. The average Bonchev–Trinajstić information content (AvgIpc) is 3.19. The summed E-state index contributed by atoms with van der Waals surface area (Å²) in [6, 6.07) is 7.80. The lowest BCUT2D eigenvalue weighted by molar-refractivity contribution is -0.118. The van der Waals surface area contributed by atoms with Crippen molar-refractivity contribution in [1.29, 1.82) is 0 Å². The Labute approximate surface area is 112 Å². The van der Waals surface area contributed by atoms with E-state index in [4.69, 9.17) is 0 Å². The van der Waals surface area contributed by atoms with E-state index >= 15 is 0 Å². The molecule has 1 fully saturated rings. The molecule has 1 aromatic carbocycles. The molecule has 0 bridgehead atoms. The molecule has 0 heterocycles. The van der Waals surface area contributed by atoms with Gasteiger partial charge >= 0.3 is 0 Å². The van der Waals surface area contributed by atoms with Gasteiger partial charge in [-0.05, 0) is 30.5 Å². The van der Waals surface area contributed by atoms with Crippen LogP contribution < -0.4 is 10.6 Å². The number of benzene rings is 1. The first-order valence-electron chi connectivity index (χ1n) is 6.47. The van der Waals surface area contributed by atoms with Gasteiger partial charge in [-0.3, -0.25) is 9.59 Å². The number of rotatable bonds is 5. The molecular weight excluding hydrogens is 240 g/mol. The molecule has 0 aromatic heterocycles. The van der Waals surface area contributed by atoms with Crippen LogP contribution in [0.25, 0.3) is 6.08 Å². The smallest absolute Gasteiger partial charge is 0.251 e. The maximum Gasteiger partial charge on any atom is 0.251 e. The van der Waals surface area contributed by atoms with Gasteiger partial charge in [0.25, 0.3) is 5.91 Å². The number of hydrogen-bond donors (Lipinski definition) is 2. The van der Waals surface area contributed by atoms with Gasteiger partial charge in [0.2, 0.25) is 5.91 Å². The van der Waals surface area contributed by atoms with E-state index in [0.29, 0.717) is 18.2 Å². The third kappa shape index (κ3) is 4.58. The molecule has 0 spiro atoms. The van der Waals surface area contributed by atoms with Gasteiger partial charge in [0.1, 0.15) is 0 Å². The van der Waals surface area contributed by atoms with Crippen molar-refractivity contribution in [3.63, 3.8) is 0 Å². The summed E-state index contributed by atoms with van der Waals surface area (Å²) in [6.45, 7) is 2.00. The molecule has 1 aromatic rings. The molecule has 0 radical (unpaired) electrons. The molecule has 0 unspecified atom stereocenters. The van der Waals surface area contributed by atoms with Crippen molar-refractivity contribution in [1.82, 2.24) is 10.6 Å². The SMILES string of the molecule is CC(=O)NCC=Cc1ccc(C(=O)NC2CC2)cc1. The lowest BCUT2D eigenvalue weighted by Gasteiger charge is -2.03. The Morgan fingerprint density at radius 1 is 1.26 bits per heavy atom. The van der Waals surface area contributed by atoms with Crippen LogP contribution in [0.15, 0.2) is 30.3 Å². The van der Waals surface area contributed by atoms with Gasteiger partial charge in [0.15, 0.2) is 0 Å². The molecule has 4 heteroatoms. The summed E-state index contributed by atoms with van der Waals surface area (Å²) in [7, 11) is 0. The van der Waals surface area contributed by atoms with Crippen LogP contribution in [0.1, 0.15) is 35.7 Å². The van der Waals surface area contributed by atoms with Crippen molar-refractivity contribution in [3.05, 3.63) is 41.5 Å². The van der Waals surface area contributed by atoms with Crippen molar-refractivity contribution >= 4 is 17.9 Å². The maximum atomic E-state index is 11.8. The minimum absolute atomic E-state index is 0.00345. The Morgan fingerprint density at radius 3 is 2.53 bits per heavy atom. The zero-order chi connectivity index (χ0) is 13.7. The number of hydrogen-bond acceptors (Lipinski definition) is 2. The zero-order valence-electron chi connectivity index (χ0n) is 11.0. The third-order valence-corrected chi connectivity index (χ3v) is 2.86. The summed E-state index contributed by atoms with van der Waals surface area (Å²) in [5, 5.41) is 5.63. The second-order valence-electron chi connectivity index (χ2n) is 4.71. The lowest BCUT2D eigenvalue weighted by atomic mass is 10.1. The van der Waals surface area contributed by atoms with Crippen LogP contribution in [0.2, 0.25) is 0 Å².